The number of sulfonamides is 1. The Morgan fingerprint density at radius 2 is 1.80 bits per heavy atom. The molecule has 0 heterocycles. The van der Waals surface area contributed by atoms with Gasteiger partial charge in [-0.3, -0.25) is 13.9 Å². The van der Waals surface area contributed by atoms with E-state index in [1.54, 1.807) is 36.4 Å². The SMILES string of the molecule is CC[C@H](C(=O)NC1CCCC1)N(Cc1ccc(F)cc1)C(=O)CN(c1cccc(Br)c1)S(C)(=O)=O. The van der Waals surface area contributed by atoms with E-state index in [1.807, 2.05) is 6.92 Å². The predicted octanol–water partition coefficient (Wildman–Crippen LogP) is 4.22. The summed E-state index contributed by atoms with van der Waals surface area (Å²) in [6, 6.07) is 11.6. The summed E-state index contributed by atoms with van der Waals surface area (Å²) < 4.78 is 40.4. The molecule has 0 aromatic heterocycles. The van der Waals surface area contributed by atoms with E-state index >= 15 is 0 Å². The molecule has 1 saturated carbocycles. The average molecular weight is 569 g/mol. The van der Waals surface area contributed by atoms with Crippen LogP contribution in [0.1, 0.15) is 44.6 Å². The average Bonchev–Trinajstić information content (AvgIpc) is 3.30. The van der Waals surface area contributed by atoms with Gasteiger partial charge in [0.05, 0.1) is 11.9 Å². The Hall–Kier alpha value is -2.46. The number of anilines is 1. The van der Waals surface area contributed by atoms with E-state index in [9.17, 15) is 22.4 Å². The van der Waals surface area contributed by atoms with E-state index in [1.165, 1.54) is 17.0 Å². The Bertz CT molecular complexity index is 1140. The molecule has 1 aliphatic rings. The first-order chi connectivity index (χ1) is 16.6. The summed E-state index contributed by atoms with van der Waals surface area (Å²) in [4.78, 5) is 28.2. The molecule has 2 aromatic carbocycles. The molecule has 2 amide bonds. The topological polar surface area (TPSA) is 86.8 Å². The monoisotopic (exact) mass is 567 g/mol. The molecular weight excluding hydrogens is 537 g/mol. The molecule has 1 aliphatic carbocycles. The number of benzene rings is 2. The van der Waals surface area contributed by atoms with E-state index in [2.05, 4.69) is 21.2 Å². The number of hydrogen-bond acceptors (Lipinski definition) is 4. The molecular formula is C25H31BrFN3O4S. The van der Waals surface area contributed by atoms with Crippen molar-refractivity contribution < 1.29 is 22.4 Å². The van der Waals surface area contributed by atoms with Crippen molar-refractivity contribution in [1.82, 2.24) is 10.2 Å². The second-order valence-electron chi connectivity index (χ2n) is 8.81. The van der Waals surface area contributed by atoms with Crippen molar-refractivity contribution in [3.8, 4) is 0 Å². The molecule has 35 heavy (non-hydrogen) atoms. The van der Waals surface area contributed by atoms with Gasteiger partial charge < -0.3 is 10.2 Å². The number of carbonyl (C=O) groups is 2. The molecule has 1 N–H and O–H groups in total. The minimum atomic E-state index is -3.80. The number of amides is 2. The lowest BCUT2D eigenvalue weighted by Gasteiger charge is -2.33. The van der Waals surface area contributed by atoms with Crippen molar-refractivity contribution >= 4 is 43.5 Å². The number of nitrogens with one attached hydrogen (secondary N) is 1. The third kappa shape index (κ3) is 7.51. The molecule has 0 saturated heterocycles. The van der Waals surface area contributed by atoms with Crippen molar-refractivity contribution in [2.45, 2.75) is 57.7 Å². The minimum absolute atomic E-state index is 0.0474. The lowest BCUT2D eigenvalue weighted by Crippen LogP contribution is -2.53. The van der Waals surface area contributed by atoms with Crippen LogP contribution in [0, 0.1) is 5.82 Å². The van der Waals surface area contributed by atoms with Crippen LogP contribution < -0.4 is 9.62 Å². The third-order valence-corrected chi connectivity index (χ3v) is 7.76. The molecule has 3 rings (SSSR count). The fraction of sp³-hybridized carbons (Fsp3) is 0.440. The fourth-order valence-electron chi connectivity index (χ4n) is 4.32. The molecule has 0 unspecified atom stereocenters. The normalized spacial score (nSPS) is 15.0. The number of carbonyl (C=O) groups excluding carboxylic acids is 2. The largest absolute Gasteiger partial charge is 0.352 e. The summed E-state index contributed by atoms with van der Waals surface area (Å²) in [6.45, 7) is 1.39. The Labute approximate surface area is 214 Å². The van der Waals surface area contributed by atoms with Gasteiger partial charge in [0, 0.05) is 17.1 Å². The number of halogens is 2. The van der Waals surface area contributed by atoms with Gasteiger partial charge in [0.25, 0.3) is 0 Å². The van der Waals surface area contributed by atoms with Crippen LogP contribution in [0.4, 0.5) is 10.1 Å². The van der Waals surface area contributed by atoms with E-state index in [0.717, 1.165) is 36.2 Å². The Morgan fingerprint density at radius 1 is 1.14 bits per heavy atom. The summed E-state index contributed by atoms with van der Waals surface area (Å²) in [5.41, 5.74) is 0.973. The maximum absolute atomic E-state index is 13.6. The lowest BCUT2D eigenvalue weighted by atomic mass is 10.1. The van der Waals surface area contributed by atoms with Gasteiger partial charge in [-0.25, -0.2) is 12.8 Å². The predicted molar refractivity (Wildman–Crippen MR) is 138 cm³/mol. The minimum Gasteiger partial charge on any atom is -0.352 e. The molecule has 7 nitrogen and oxygen atoms in total. The van der Waals surface area contributed by atoms with Gasteiger partial charge >= 0.3 is 0 Å². The number of nitrogens with zero attached hydrogens (tertiary/aromatic N) is 2. The van der Waals surface area contributed by atoms with Crippen LogP contribution in [0.15, 0.2) is 53.0 Å². The molecule has 190 valence electrons. The van der Waals surface area contributed by atoms with Crippen LogP contribution in [0.5, 0.6) is 0 Å². The van der Waals surface area contributed by atoms with Crippen molar-refractivity contribution in [3.05, 3.63) is 64.4 Å². The molecule has 2 aromatic rings. The van der Waals surface area contributed by atoms with Gasteiger partial charge in [-0.1, -0.05) is 53.9 Å². The van der Waals surface area contributed by atoms with Gasteiger partial charge in [0.2, 0.25) is 21.8 Å². The van der Waals surface area contributed by atoms with E-state index < -0.39 is 34.3 Å². The standard InChI is InChI=1S/C25H31BrFN3O4S/c1-3-23(25(32)28-21-8-4-5-9-21)29(16-18-11-13-20(27)14-12-18)24(31)17-30(35(2,33)34)22-10-6-7-19(26)15-22/h6-7,10-15,21,23H,3-5,8-9,16-17H2,1-2H3,(H,28,32)/t23-/m1/s1. The molecule has 0 aliphatic heterocycles. The quantitative estimate of drug-likeness (QED) is 0.465. The molecule has 0 spiro atoms. The maximum atomic E-state index is 13.6. The Morgan fingerprint density at radius 3 is 2.37 bits per heavy atom. The van der Waals surface area contributed by atoms with Crippen LogP contribution >= 0.6 is 15.9 Å². The zero-order chi connectivity index (χ0) is 25.6. The van der Waals surface area contributed by atoms with Crippen molar-refractivity contribution in [2.75, 3.05) is 17.1 Å². The van der Waals surface area contributed by atoms with Gasteiger partial charge in [-0.05, 0) is 55.2 Å². The summed E-state index contributed by atoms with van der Waals surface area (Å²) in [5.74, 6) is -1.19. The maximum Gasteiger partial charge on any atom is 0.244 e. The number of rotatable bonds is 10. The molecule has 1 atom stereocenters. The van der Waals surface area contributed by atoms with Gasteiger partial charge in [-0.2, -0.15) is 0 Å². The lowest BCUT2D eigenvalue weighted by molar-refractivity contribution is -0.140. The first kappa shape index (κ1) is 27.1. The highest BCUT2D eigenvalue weighted by molar-refractivity contribution is 9.10. The molecule has 0 bridgehead atoms. The van der Waals surface area contributed by atoms with E-state index in [0.29, 0.717) is 22.1 Å². The van der Waals surface area contributed by atoms with E-state index in [-0.39, 0.29) is 18.5 Å². The van der Waals surface area contributed by atoms with Crippen molar-refractivity contribution in [3.63, 3.8) is 0 Å². The third-order valence-electron chi connectivity index (χ3n) is 6.13. The smallest absolute Gasteiger partial charge is 0.244 e. The van der Waals surface area contributed by atoms with Crippen molar-refractivity contribution in [1.29, 1.82) is 0 Å². The van der Waals surface area contributed by atoms with Crippen LogP contribution in [0.3, 0.4) is 0 Å². The summed E-state index contributed by atoms with van der Waals surface area (Å²) >= 11 is 3.34. The zero-order valence-electron chi connectivity index (χ0n) is 19.9. The van der Waals surface area contributed by atoms with Gasteiger partial charge in [-0.15, -0.1) is 0 Å². The zero-order valence-corrected chi connectivity index (χ0v) is 22.3. The first-order valence-electron chi connectivity index (χ1n) is 11.7. The second-order valence-corrected chi connectivity index (χ2v) is 11.6. The highest BCUT2D eigenvalue weighted by Gasteiger charge is 2.33. The van der Waals surface area contributed by atoms with Crippen LogP contribution in [0.2, 0.25) is 0 Å². The van der Waals surface area contributed by atoms with Crippen LogP contribution in [-0.4, -0.2) is 50.0 Å². The molecule has 10 heteroatoms. The van der Waals surface area contributed by atoms with Gasteiger partial charge in [0.15, 0.2) is 0 Å². The van der Waals surface area contributed by atoms with Crippen LogP contribution in [-0.2, 0) is 26.2 Å². The van der Waals surface area contributed by atoms with E-state index in [4.69, 9.17) is 0 Å². The van der Waals surface area contributed by atoms with Crippen molar-refractivity contribution in [2.24, 2.45) is 0 Å². The fourth-order valence-corrected chi connectivity index (χ4v) is 5.55. The first-order valence-corrected chi connectivity index (χ1v) is 14.3. The van der Waals surface area contributed by atoms with Crippen LogP contribution in [0.25, 0.3) is 0 Å². The summed E-state index contributed by atoms with van der Waals surface area (Å²) in [6.07, 6.45) is 5.29. The second kappa shape index (κ2) is 12.0. The highest BCUT2D eigenvalue weighted by Crippen LogP contribution is 2.24. The van der Waals surface area contributed by atoms with Gasteiger partial charge in [0.1, 0.15) is 18.4 Å². The summed E-state index contributed by atoms with van der Waals surface area (Å²) in [5, 5.41) is 3.05. The summed E-state index contributed by atoms with van der Waals surface area (Å²) in [7, 11) is -3.80. The Kier molecular flexibility index (Phi) is 9.29. The highest BCUT2D eigenvalue weighted by atomic mass is 79.9. The number of hydrogen-bond donors (Lipinski definition) is 1. The molecule has 1 fully saturated rings. The molecule has 0 radical (unpaired) electrons. The Balaban J connectivity index is 1.91.